The van der Waals surface area contributed by atoms with Crippen LogP contribution in [-0.2, 0) is 10.3 Å². The molecule has 0 saturated carbocycles. The zero-order valence-corrected chi connectivity index (χ0v) is 9.26. The first-order chi connectivity index (χ1) is 8.15. The second-order valence-corrected chi connectivity index (χ2v) is 3.83. The minimum absolute atomic E-state index is 0.574. The molecule has 0 bridgehead atoms. The van der Waals surface area contributed by atoms with Crippen molar-refractivity contribution in [3.05, 3.63) is 71.8 Å². The Morgan fingerprint density at radius 3 is 2.06 bits per heavy atom. The van der Waals surface area contributed by atoms with Gasteiger partial charge in [0.1, 0.15) is 5.54 Å². The van der Waals surface area contributed by atoms with Crippen molar-refractivity contribution < 1.29 is 4.79 Å². The van der Waals surface area contributed by atoms with Crippen molar-refractivity contribution in [1.29, 1.82) is 0 Å². The first-order valence-corrected chi connectivity index (χ1v) is 5.26. The fourth-order valence-electron chi connectivity index (χ4n) is 1.80. The second kappa shape index (κ2) is 4.39. The monoisotopic (exact) mass is 225 g/mol. The third-order valence-electron chi connectivity index (χ3n) is 2.79. The highest BCUT2D eigenvalue weighted by Crippen LogP contribution is 2.26. The largest absolute Gasteiger partial charge is 0.367 e. The van der Waals surface area contributed by atoms with E-state index in [0.29, 0.717) is 11.1 Å². The average molecular weight is 225 g/mol. The molecule has 1 unspecified atom stereocenters. The van der Waals surface area contributed by atoms with Crippen LogP contribution in [0.4, 0.5) is 0 Å². The van der Waals surface area contributed by atoms with E-state index in [-0.39, 0.29) is 0 Å². The van der Waals surface area contributed by atoms with E-state index in [1.807, 2.05) is 18.2 Å². The van der Waals surface area contributed by atoms with Gasteiger partial charge < -0.3 is 11.5 Å². The molecule has 0 saturated heterocycles. The fraction of sp³-hybridized carbons (Fsp3) is 0.0714. The molecule has 3 nitrogen and oxygen atoms in total. The Morgan fingerprint density at radius 1 is 1.00 bits per heavy atom. The first kappa shape index (κ1) is 11.4. The van der Waals surface area contributed by atoms with Gasteiger partial charge in [0.15, 0.2) is 0 Å². The molecule has 0 spiro atoms. The zero-order chi connectivity index (χ0) is 12.3. The number of hydrogen-bond donors (Lipinski definition) is 2. The van der Waals surface area contributed by atoms with E-state index in [0.717, 1.165) is 0 Å². The Morgan fingerprint density at radius 2 is 1.53 bits per heavy atom. The van der Waals surface area contributed by atoms with Gasteiger partial charge in [-0.25, -0.2) is 0 Å². The Balaban J connectivity index is 2.59. The molecule has 0 aromatic heterocycles. The molecule has 4 N–H and O–H groups in total. The van der Waals surface area contributed by atoms with Gasteiger partial charge in [0.05, 0.1) is 0 Å². The van der Waals surface area contributed by atoms with E-state index in [1.54, 1.807) is 36.4 Å². The number of benzene rings is 2. The van der Waals surface area contributed by atoms with E-state index in [2.05, 4.69) is 6.07 Å². The highest BCUT2D eigenvalue weighted by atomic mass is 16.1. The summed E-state index contributed by atoms with van der Waals surface area (Å²) in [5.74, 6) is -0.574. The van der Waals surface area contributed by atoms with Gasteiger partial charge in [0.25, 0.3) is 0 Å². The van der Waals surface area contributed by atoms with Crippen LogP contribution >= 0.6 is 0 Å². The number of primary amides is 1. The average Bonchev–Trinajstić information content (AvgIpc) is 2.39. The van der Waals surface area contributed by atoms with Crippen molar-refractivity contribution in [1.82, 2.24) is 0 Å². The molecule has 2 aromatic rings. The number of carbonyl (C=O) groups is 1. The normalized spacial score (nSPS) is 11.1. The van der Waals surface area contributed by atoms with Gasteiger partial charge in [0, 0.05) is 0 Å². The van der Waals surface area contributed by atoms with Crippen molar-refractivity contribution in [2.24, 2.45) is 11.5 Å². The molecule has 0 aliphatic rings. The number of hydrogen-bond acceptors (Lipinski definition) is 2. The minimum atomic E-state index is -1.30. The molecule has 0 aliphatic carbocycles. The third kappa shape index (κ3) is 1.92. The summed E-state index contributed by atoms with van der Waals surface area (Å²) in [7, 11) is 0. The van der Waals surface area contributed by atoms with E-state index in [4.69, 9.17) is 11.5 Å². The van der Waals surface area contributed by atoms with Crippen LogP contribution in [0.25, 0.3) is 0 Å². The lowest BCUT2D eigenvalue weighted by molar-refractivity contribution is -0.122. The van der Waals surface area contributed by atoms with Crippen molar-refractivity contribution in [3.8, 4) is 0 Å². The van der Waals surface area contributed by atoms with E-state index < -0.39 is 11.4 Å². The minimum Gasteiger partial charge on any atom is -0.367 e. The van der Waals surface area contributed by atoms with E-state index in [1.165, 1.54) is 0 Å². The first-order valence-electron chi connectivity index (χ1n) is 5.26. The highest BCUT2D eigenvalue weighted by molar-refractivity contribution is 5.89. The fourth-order valence-corrected chi connectivity index (χ4v) is 1.80. The van der Waals surface area contributed by atoms with Crippen LogP contribution in [0.15, 0.2) is 54.6 Å². The quantitative estimate of drug-likeness (QED) is 0.823. The zero-order valence-electron chi connectivity index (χ0n) is 9.26. The molecular weight excluding hydrogens is 212 g/mol. The van der Waals surface area contributed by atoms with Gasteiger partial charge >= 0.3 is 0 Å². The van der Waals surface area contributed by atoms with Crippen LogP contribution in [0.5, 0.6) is 0 Å². The van der Waals surface area contributed by atoms with Crippen LogP contribution in [0.1, 0.15) is 11.1 Å². The van der Waals surface area contributed by atoms with Crippen LogP contribution in [-0.4, -0.2) is 5.91 Å². The van der Waals surface area contributed by atoms with E-state index in [9.17, 15) is 4.79 Å². The maximum absolute atomic E-state index is 11.7. The summed E-state index contributed by atoms with van der Waals surface area (Å²) < 4.78 is 0. The molecule has 3 heteroatoms. The van der Waals surface area contributed by atoms with Gasteiger partial charge in [-0.3, -0.25) is 4.79 Å². The summed E-state index contributed by atoms with van der Waals surface area (Å²) in [4.78, 5) is 11.7. The number of nitrogens with two attached hydrogens (primary N) is 2. The van der Waals surface area contributed by atoms with Crippen LogP contribution in [0.3, 0.4) is 0 Å². The maximum Gasteiger partial charge on any atom is 0.246 e. The Kier molecular flexibility index (Phi) is 2.93. The predicted molar refractivity (Wildman–Crippen MR) is 65.9 cm³/mol. The molecule has 1 amide bonds. The van der Waals surface area contributed by atoms with Gasteiger partial charge in [-0.2, -0.15) is 0 Å². The summed E-state index contributed by atoms with van der Waals surface area (Å²) in [5.41, 5.74) is 11.7. The molecular formula is C14H13N2O. The van der Waals surface area contributed by atoms with E-state index >= 15 is 0 Å². The van der Waals surface area contributed by atoms with Crippen molar-refractivity contribution in [2.75, 3.05) is 0 Å². The van der Waals surface area contributed by atoms with Crippen LogP contribution < -0.4 is 11.5 Å². The van der Waals surface area contributed by atoms with Gasteiger partial charge in [-0.05, 0) is 17.2 Å². The Hall–Kier alpha value is -2.13. The second-order valence-electron chi connectivity index (χ2n) is 3.83. The van der Waals surface area contributed by atoms with Gasteiger partial charge in [-0.15, -0.1) is 0 Å². The molecule has 2 rings (SSSR count). The number of rotatable bonds is 3. The third-order valence-corrected chi connectivity index (χ3v) is 2.79. The Bertz CT molecular complexity index is 469. The molecule has 2 aromatic carbocycles. The molecule has 1 atom stereocenters. The topological polar surface area (TPSA) is 69.1 Å². The summed E-state index contributed by atoms with van der Waals surface area (Å²) in [5, 5.41) is 0. The number of carbonyl (C=O) groups excluding carboxylic acids is 1. The van der Waals surface area contributed by atoms with Crippen molar-refractivity contribution >= 4 is 5.91 Å². The lowest BCUT2D eigenvalue weighted by atomic mass is 9.83. The lowest BCUT2D eigenvalue weighted by Crippen LogP contribution is -2.49. The summed E-state index contributed by atoms with van der Waals surface area (Å²) in [6.45, 7) is 0. The summed E-state index contributed by atoms with van der Waals surface area (Å²) in [6.07, 6.45) is 0. The summed E-state index contributed by atoms with van der Waals surface area (Å²) in [6, 6.07) is 18.9. The van der Waals surface area contributed by atoms with Crippen LogP contribution in [0, 0.1) is 6.07 Å². The lowest BCUT2D eigenvalue weighted by Gasteiger charge is -2.26. The molecule has 17 heavy (non-hydrogen) atoms. The highest BCUT2D eigenvalue weighted by Gasteiger charge is 2.35. The molecule has 0 aliphatic heterocycles. The smallest absolute Gasteiger partial charge is 0.246 e. The van der Waals surface area contributed by atoms with Gasteiger partial charge in [-0.1, -0.05) is 54.6 Å². The standard InChI is InChI=1S/C14H13N2O/c15-13(17)14(16,11-7-3-1-4-8-11)12-9-5-2-6-10-12/h1,3-10H,16H2,(H2,15,17). The van der Waals surface area contributed by atoms with Gasteiger partial charge in [0.2, 0.25) is 5.91 Å². The van der Waals surface area contributed by atoms with Crippen molar-refractivity contribution in [3.63, 3.8) is 0 Å². The van der Waals surface area contributed by atoms with Crippen molar-refractivity contribution in [2.45, 2.75) is 5.54 Å². The summed E-state index contributed by atoms with van der Waals surface area (Å²) >= 11 is 0. The number of amides is 1. The molecule has 85 valence electrons. The predicted octanol–water partition coefficient (Wildman–Crippen LogP) is 1.17. The SMILES string of the molecule is NC(=O)C(N)(c1cc[c]cc1)c1ccccc1. The maximum atomic E-state index is 11.7. The Labute approximate surface area is 100 Å². The molecule has 0 heterocycles. The molecule has 0 fully saturated rings. The molecule has 1 radical (unpaired) electrons. The van der Waals surface area contributed by atoms with Crippen LogP contribution in [0.2, 0.25) is 0 Å².